The highest BCUT2D eigenvalue weighted by molar-refractivity contribution is 5.76. The quantitative estimate of drug-likeness (QED) is 0.800. The Morgan fingerprint density at radius 2 is 2.17 bits per heavy atom. The van der Waals surface area contributed by atoms with Gasteiger partial charge in [0.15, 0.2) is 0 Å². The molecule has 1 aromatic rings. The first-order chi connectivity index (χ1) is 11.4. The number of nitrogens with one attached hydrogen (secondary N) is 1. The van der Waals surface area contributed by atoms with Gasteiger partial charge in [-0.3, -0.25) is 9.69 Å². The van der Waals surface area contributed by atoms with Crippen molar-refractivity contribution < 1.29 is 14.6 Å². The number of aliphatic hydroxyl groups excluding tert-OH is 1. The van der Waals surface area contributed by atoms with Crippen LogP contribution in [0.5, 0.6) is 0 Å². The van der Waals surface area contributed by atoms with Crippen LogP contribution in [0.25, 0.3) is 0 Å². The highest BCUT2D eigenvalue weighted by atomic mass is 16.5. The van der Waals surface area contributed by atoms with Gasteiger partial charge < -0.3 is 15.2 Å². The molecule has 2 N–H and O–H groups in total. The maximum Gasteiger partial charge on any atom is 0.222 e. The van der Waals surface area contributed by atoms with E-state index in [1.807, 2.05) is 26.0 Å². The van der Waals surface area contributed by atoms with Gasteiger partial charge in [0.05, 0.1) is 25.2 Å². The molecule has 134 valence electrons. The van der Waals surface area contributed by atoms with E-state index >= 15 is 0 Å². The summed E-state index contributed by atoms with van der Waals surface area (Å²) in [5, 5.41) is 12.7. The lowest BCUT2D eigenvalue weighted by molar-refractivity contribution is -0.123. The summed E-state index contributed by atoms with van der Waals surface area (Å²) in [6.07, 6.45) is -0.142. The van der Waals surface area contributed by atoms with Gasteiger partial charge in [0, 0.05) is 26.2 Å². The van der Waals surface area contributed by atoms with E-state index in [2.05, 4.69) is 29.3 Å². The van der Waals surface area contributed by atoms with Crippen LogP contribution in [0.15, 0.2) is 24.3 Å². The third kappa shape index (κ3) is 6.23. The molecule has 1 aliphatic rings. The molecule has 0 saturated carbocycles. The molecule has 0 radical (unpaired) electrons. The van der Waals surface area contributed by atoms with Gasteiger partial charge in [-0.25, -0.2) is 0 Å². The van der Waals surface area contributed by atoms with E-state index in [9.17, 15) is 9.90 Å². The first-order valence-corrected chi connectivity index (χ1v) is 8.80. The van der Waals surface area contributed by atoms with E-state index in [0.717, 1.165) is 31.8 Å². The molecule has 5 nitrogen and oxygen atoms in total. The highest BCUT2D eigenvalue weighted by Crippen LogP contribution is 2.12. The number of morpholine rings is 1. The Balaban J connectivity index is 1.83. The summed E-state index contributed by atoms with van der Waals surface area (Å²) in [7, 11) is 0. The van der Waals surface area contributed by atoms with Crippen LogP contribution >= 0.6 is 0 Å². The molecule has 1 amide bonds. The Hall–Kier alpha value is -1.43. The smallest absolute Gasteiger partial charge is 0.222 e. The van der Waals surface area contributed by atoms with Crippen LogP contribution in [0.1, 0.15) is 38.3 Å². The summed E-state index contributed by atoms with van der Waals surface area (Å²) < 4.78 is 5.57. The molecule has 1 saturated heterocycles. The van der Waals surface area contributed by atoms with Crippen molar-refractivity contribution in [3.05, 3.63) is 35.4 Å². The summed E-state index contributed by atoms with van der Waals surface area (Å²) >= 11 is 0. The van der Waals surface area contributed by atoms with Gasteiger partial charge >= 0.3 is 0 Å². The second kappa shape index (κ2) is 9.16. The van der Waals surface area contributed by atoms with Crippen LogP contribution in [-0.2, 0) is 22.6 Å². The molecule has 2 unspecified atom stereocenters. The molecule has 0 aliphatic carbocycles. The summed E-state index contributed by atoms with van der Waals surface area (Å²) in [5.41, 5.74) is 2.33. The summed E-state index contributed by atoms with van der Waals surface area (Å²) in [5.74, 6) is -0.0152. The predicted molar refractivity (Wildman–Crippen MR) is 94.4 cm³/mol. The van der Waals surface area contributed by atoms with Gasteiger partial charge in [-0.05, 0) is 24.0 Å². The van der Waals surface area contributed by atoms with Gasteiger partial charge in [0.1, 0.15) is 0 Å². The number of hydrogen-bond acceptors (Lipinski definition) is 4. The average Bonchev–Trinajstić information content (AvgIpc) is 2.53. The zero-order chi connectivity index (χ0) is 17.5. The van der Waals surface area contributed by atoms with E-state index < -0.39 is 6.10 Å². The lowest BCUT2D eigenvalue weighted by atomic mass is 10.0. The van der Waals surface area contributed by atoms with Gasteiger partial charge in [-0.2, -0.15) is 0 Å². The van der Waals surface area contributed by atoms with Gasteiger partial charge in [0.25, 0.3) is 0 Å². The second-order valence-corrected chi connectivity index (χ2v) is 7.03. The number of ether oxygens (including phenoxy) is 1. The minimum absolute atomic E-state index is 0.0926. The van der Waals surface area contributed by atoms with E-state index in [-0.39, 0.29) is 24.3 Å². The Morgan fingerprint density at radius 1 is 1.42 bits per heavy atom. The minimum Gasteiger partial charge on any atom is -0.392 e. The molecular formula is C19H30N2O3. The number of benzene rings is 1. The Bertz CT molecular complexity index is 533. The second-order valence-electron chi connectivity index (χ2n) is 7.03. The van der Waals surface area contributed by atoms with Crippen molar-refractivity contribution in [3.8, 4) is 0 Å². The monoisotopic (exact) mass is 334 g/mol. The van der Waals surface area contributed by atoms with E-state index in [1.54, 1.807) is 0 Å². The number of carbonyl (C=O) groups is 1. The zero-order valence-electron chi connectivity index (χ0n) is 15.0. The molecular weight excluding hydrogens is 304 g/mol. The molecule has 2 rings (SSSR count). The van der Waals surface area contributed by atoms with Crippen molar-refractivity contribution >= 4 is 5.91 Å². The van der Waals surface area contributed by atoms with E-state index in [0.29, 0.717) is 6.54 Å². The molecule has 2 atom stereocenters. The Kier molecular flexibility index (Phi) is 7.21. The number of amides is 1. The van der Waals surface area contributed by atoms with Crippen LogP contribution < -0.4 is 5.32 Å². The molecule has 0 bridgehead atoms. The fraction of sp³-hybridized carbons (Fsp3) is 0.632. The maximum absolute atomic E-state index is 11.9. The Morgan fingerprint density at radius 3 is 2.88 bits per heavy atom. The summed E-state index contributed by atoms with van der Waals surface area (Å²) in [4.78, 5) is 14.3. The number of nitrogens with zero attached hydrogens (tertiary/aromatic N) is 1. The summed E-state index contributed by atoms with van der Waals surface area (Å²) in [6, 6.07) is 8.31. The molecule has 1 aromatic carbocycles. The topological polar surface area (TPSA) is 61.8 Å². The molecule has 5 heteroatoms. The number of aliphatic hydroxyl groups is 1. The zero-order valence-corrected chi connectivity index (χ0v) is 15.0. The number of carbonyl (C=O) groups excluding carboxylic acids is 1. The lowest BCUT2D eigenvalue weighted by Crippen LogP contribution is -2.40. The van der Waals surface area contributed by atoms with Crippen LogP contribution in [0.3, 0.4) is 0 Å². The van der Waals surface area contributed by atoms with E-state index in [4.69, 9.17) is 4.74 Å². The van der Waals surface area contributed by atoms with Gasteiger partial charge in [0.2, 0.25) is 5.91 Å². The normalized spacial score (nSPS) is 20.1. The van der Waals surface area contributed by atoms with Crippen molar-refractivity contribution in [1.82, 2.24) is 10.2 Å². The highest BCUT2D eigenvalue weighted by Gasteiger charge is 2.17. The third-order valence-electron chi connectivity index (χ3n) is 4.38. The molecule has 1 heterocycles. The molecule has 0 spiro atoms. The Labute approximate surface area is 145 Å². The van der Waals surface area contributed by atoms with Crippen molar-refractivity contribution in [3.63, 3.8) is 0 Å². The van der Waals surface area contributed by atoms with Gasteiger partial charge in [-0.15, -0.1) is 0 Å². The average molecular weight is 334 g/mol. The van der Waals surface area contributed by atoms with Gasteiger partial charge in [-0.1, -0.05) is 38.1 Å². The molecule has 0 aromatic heterocycles. The first kappa shape index (κ1) is 18.9. The van der Waals surface area contributed by atoms with Crippen LogP contribution in [-0.4, -0.2) is 47.8 Å². The fourth-order valence-electron chi connectivity index (χ4n) is 2.83. The lowest BCUT2D eigenvalue weighted by Gasteiger charge is -2.31. The predicted octanol–water partition coefficient (Wildman–Crippen LogP) is 1.93. The van der Waals surface area contributed by atoms with E-state index in [1.165, 1.54) is 5.56 Å². The van der Waals surface area contributed by atoms with Crippen molar-refractivity contribution in [2.24, 2.45) is 5.92 Å². The summed E-state index contributed by atoms with van der Waals surface area (Å²) in [6.45, 7) is 10.0. The molecule has 1 aliphatic heterocycles. The van der Waals surface area contributed by atoms with Crippen molar-refractivity contribution in [2.45, 2.75) is 52.5 Å². The third-order valence-corrected chi connectivity index (χ3v) is 4.38. The number of rotatable bonds is 7. The maximum atomic E-state index is 11.9. The molecule has 1 fully saturated rings. The van der Waals surface area contributed by atoms with Crippen LogP contribution in [0, 0.1) is 5.92 Å². The SMILES string of the molecule is CC1CN(Cc2cccc(CNC(=O)CC(O)C(C)C)c2)CCO1. The van der Waals surface area contributed by atoms with Crippen LogP contribution in [0.2, 0.25) is 0 Å². The standard InChI is InChI=1S/C19H30N2O3/c1-14(2)18(22)10-19(23)20-11-16-5-4-6-17(9-16)13-21-7-8-24-15(3)12-21/h4-6,9,14-15,18,22H,7-8,10-13H2,1-3H3,(H,20,23). The van der Waals surface area contributed by atoms with Crippen molar-refractivity contribution in [1.29, 1.82) is 0 Å². The molecule has 24 heavy (non-hydrogen) atoms. The van der Waals surface area contributed by atoms with Crippen LogP contribution in [0.4, 0.5) is 0 Å². The van der Waals surface area contributed by atoms with Crippen molar-refractivity contribution in [2.75, 3.05) is 19.7 Å². The minimum atomic E-state index is -0.584. The largest absolute Gasteiger partial charge is 0.392 e. The number of hydrogen-bond donors (Lipinski definition) is 2. The fourth-order valence-corrected chi connectivity index (χ4v) is 2.83. The first-order valence-electron chi connectivity index (χ1n) is 8.80.